The summed E-state index contributed by atoms with van der Waals surface area (Å²) in [5.41, 5.74) is 0.865. The topological polar surface area (TPSA) is 103 Å². The monoisotopic (exact) mass is 293 g/mol. The van der Waals surface area contributed by atoms with Crippen molar-refractivity contribution in [2.75, 3.05) is 6.54 Å². The normalized spacial score (nSPS) is 18.0. The molecule has 0 radical (unpaired) electrons. The number of aryl methyl sites for hydroxylation is 2. The summed E-state index contributed by atoms with van der Waals surface area (Å²) < 4.78 is 0. The lowest BCUT2D eigenvalue weighted by atomic mass is 10.1. The Balaban J connectivity index is 2.05. The van der Waals surface area contributed by atoms with E-state index in [1.807, 2.05) is 0 Å². The Bertz CT molecular complexity index is 623. The summed E-state index contributed by atoms with van der Waals surface area (Å²) in [6.45, 7) is 3.90. The number of carboxylic acid groups (broad SMARTS) is 1. The third-order valence-corrected chi connectivity index (χ3v) is 3.79. The number of likely N-dealkylation sites (tertiary alicyclic amines) is 1. The van der Waals surface area contributed by atoms with E-state index in [1.54, 1.807) is 13.8 Å². The number of nitrogens with one attached hydrogen (secondary N) is 1. The highest BCUT2D eigenvalue weighted by atomic mass is 16.4. The molecule has 1 saturated heterocycles. The summed E-state index contributed by atoms with van der Waals surface area (Å²) in [5, 5.41) is 9.08. The maximum absolute atomic E-state index is 12.2. The molecule has 1 aliphatic heterocycles. The summed E-state index contributed by atoms with van der Waals surface area (Å²) in [6, 6.07) is -0.729. The van der Waals surface area contributed by atoms with Gasteiger partial charge in [0, 0.05) is 24.2 Å². The number of aliphatic carboxylic acids is 1. The second-order valence-corrected chi connectivity index (χ2v) is 5.30. The molecule has 1 aromatic heterocycles. The summed E-state index contributed by atoms with van der Waals surface area (Å²) in [6.07, 6.45) is 1.59. The second kappa shape index (κ2) is 6.07. The van der Waals surface area contributed by atoms with Gasteiger partial charge in [-0.1, -0.05) is 0 Å². The summed E-state index contributed by atoms with van der Waals surface area (Å²) in [4.78, 5) is 43.3. The molecule has 0 bridgehead atoms. The van der Waals surface area contributed by atoms with Crippen LogP contribution >= 0.6 is 0 Å². The Morgan fingerprint density at radius 2 is 2.14 bits per heavy atom. The van der Waals surface area contributed by atoms with Gasteiger partial charge < -0.3 is 15.0 Å². The van der Waals surface area contributed by atoms with Crippen molar-refractivity contribution >= 4 is 11.9 Å². The van der Waals surface area contributed by atoms with E-state index in [1.165, 1.54) is 4.90 Å². The Kier molecular flexibility index (Phi) is 4.40. The highest BCUT2D eigenvalue weighted by Gasteiger charge is 2.33. The van der Waals surface area contributed by atoms with Crippen molar-refractivity contribution in [2.24, 2.45) is 0 Å². The van der Waals surface area contributed by atoms with Crippen LogP contribution in [0.3, 0.4) is 0 Å². The third kappa shape index (κ3) is 3.29. The molecule has 0 saturated carbocycles. The molecule has 2 N–H and O–H groups in total. The Morgan fingerprint density at radius 1 is 1.43 bits per heavy atom. The Labute approximate surface area is 122 Å². The molecule has 0 aliphatic carbocycles. The zero-order chi connectivity index (χ0) is 15.6. The minimum absolute atomic E-state index is 0.123. The maximum atomic E-state index is 12.2. The second-order valence-electron chi connectivity index (χ2n) is 5.30. The average molecular weight is 293 g/mol. The van der Waals surface area contributed by atoms with Gasteiger partial charge in [-0.25, -0.2) is 9.78 Å². The van der Waals surface area contributed by atoms with Crippen LogP contribution in [0.1, 0.15) is 36.3 Å². The van der Waals surface area contributed by atoms with Crippen molar-refractivity contribution in [2.45, 2.75) is 45.6 Å². The molecule has 0 unspecified atom stereocenters. The van der Waals surface area contributed by atoms with Gasteiger partial charge in [-0.15, -0.1) is 0 Å². The minimum Gasteiger partial charge on any atom is -0.480 e. The average Bonchev–Trinajstić information content (AvgIpc) is 2.86. The van der Waals surface area contributed by atoms with Crippen LogP contribution < -0.4 is 5.56 Å². The number of hydrogen-bond acceptors (Lipinski definition) is 4. The first kappa shape index (κ1) is 15.2. The zero-order valence-electron chi connectivity index (χ0n) is 12.2. The van der Waals surface area contributed by atoms with Crippen molar-refractivity contribution < 1.29 is 14.7 Å². The molecular formula is C14H19N3O4. The van der Waals surface area contributed by atoms with E-state index in [0.717, 1.165) is 0 Å². The summed E-state index contributed by atoms with van der Waals surface area (Å²) in [7, 11) is 0. The molecule has 0 spiro atoms. The van der Waals surface area contributed by atoms with Crippen molar-refractivity contribution in [3.63, 3.8) is 0 Å². The first-order chi connectivity index (χ1) is 9.90. The molecule has 1 fully saturated rings. The van der Waals surface area contributed by atoms with Crippen LogP contribution in [0.5, 0.6) is 0 Å². The van der Waals surface area contributed by atoms with Crippen LogP contribution in [0.25, 0.3) is 0 Å². The number of aromatic nitrogens is 2. The van der Waals surface area contributed by atoms with E-state index in [9.17, 15) is 14.4 Å². The van der Waals surface area contributed by atoms with Crippen molar-refractivity contribution in [3.05, 3.63) is 27.4 Å². The van der Waals surface area contributed by atoms with Crippen molar-refractivity contribution in [1.82, 2.24) is 14.9 Å². The van der Waals surface area contributed by atoms with Gasteiger partial charge in [0.05, 0.1) is 0 Å². The van der Waals surface area contributed by atoms with Gasteiger partial charge in [-0.05, 0) is 33.1 Å². The Morgan fingerprint density at radius 3 is 2.76 bits per heavy atom. The number of carbonyl (C=O) groups is 2. The predicted molar refractivity (Wildman–Crippen MR) is 75.0 cm³/mol. The van der Waals surface area contributed by atoms with Gasteiger partial charge >= 0.3 is 5.97 Å². The van der Waals surface area contributed by atoms with Crippen LogP contribution in [0, 0.1) is 13.8 Å². The number of carboxylic acids is 1. The minimum atomic E-state index is -0.966. The first-order valence-electron chi connectivity index (χ1n) is 6.99. The number of nitrogens with zero attached hydrogens (tertiary/aromatic N) is 2. The van der Waals surface area contributed by atoms with E-state index in [-0.39, 0.29) is 24.3 Å². The number of hydrogen-bond donors (Lipinski definition) is 2. The molecular weight excluding hydrogens is 274 g/mol. The van der Waals surface area contributed by atoms with Crippen LogP contribution in [0.2, 0.25) is 0 Å². The molecule has 114 valence electrons. The van der Waals surface area contributed by atoms with E-state index in [2.05, 4.69) is 9.97 Å². The fourth-order valence-electron chi connectivity index (χ4n) is 2.74. The smallest absolute Gasteiger partial charge is 0.326 e. The quantitative estimate of drug-likeness (QED) is 0.836. The molecule has 7 heteroatoms. The molecule has 2 heterocycles. The van der Waals surface area contributed by atoms with Gasteiger partial charge in [0.1, 0.15) is 11.9 Å². The number of aromatic amines is 1. The SMILES string of the molecule is Cc1nc(C)c(CCC(=O)N2CCC[C@@H]2C(=O)O)c(=O)[nH]1. The van der Waals surface area contributed by atoms with Crippen molar-refractivity contribution in [3.8, 4) is 0 Å². The number of rotatable bonds is 4. The summed E-state index contributed by atoms with van der Waals surface area (Å²) >= 11 is 0. The van der Waals surface area contributed by atoms with Gasteiger partial charge in [0.25, 0.3) is 5.56 Å². The number of H-pyrrole nitrogens is 1. The molecule has 1 aliphatic rings. The van der Waals surface area contributed by atoms with Crippen LogP contribution in [0.4, 0.5) is 0 Å². The van der Waals surface area contributed by atoms with Crippen LogP contribution in [0.15, 0.2) is 4.79 Å². The van der Waals surface area contributed by atoms with E-state index >= 15 is 0 Å². The van der Waals surface area contributed by atoms with E-state index in [4.69, 9.17) is 5.11 Å². The lowest BCUT2D eigenvalue weighted by Gasteiger charge is -2.21. The highest BCUT2D eigenvalue weighted by Crippen LogP contribution is 2.19. The van der Waals surface area contributed by atoms with E-state index in [0.29, 0.717) is 36.5 Å². The lowest BCUT2D eigenvalue weighted by Crippen LogP contribution is -2.40. The first-order valence-corrected chi connectivity index (χ1v) is 6.99. The fraction of sp³-hybridized carbons (Fsp3) is 0.571. The largest absolute Gasteiger partial charge is 0.480 e. The fourth-order valence-corrected chi connectivity index (χ4v) is 2.74. The lowest BCUT2D eigenvalue weighted by molar-refractivity contribution is -0.148. The maximum Gasteiger partial charge on any atom is 0.326 e. The molecule has 1 aromatic rings. The molecule has 21 heavy (non-hydrogen) atoms. The van der Waals surface area contributed by atoms with Crippen LogP contribution in [-0.2, 0) is 16.0 Å². The molecule has 7 nitrogen and oxygen atoms in total. The third-order valence-electron chi connectivity index (χ3n) is 3.79. The summed E-state index contributed by atoms with van der Waals surface area (Å²) in [5.74, 6) is -0.649. The molecule has 2 rings (SSSR count). The van der Waals surface area contributed by atoms with Gasteiger partial charge in [0.2, 0.25) is 5.91 Å². The van der Waals surface area contributed by atoms with Crippen LogP contribution in [-0.4, -0.2) is 44.4 Å². The van der Waals surface area contributed by atoms with E-state index < -0.39 is 12.0 Å². The zero-order valence-corrected chi connectivity index (χ0v) is 12.2. The molecule has 1 amide bonds. The highest BCUT2D eigenvalue weighted by molar-refractivity contribution is 5.84. The van der Waals surface area contributed by atoms with Gasteiger partial charge in [-0.2, -0.15) is 0 Å². The predicted octanol–water partition coefficient (Wildman–Crippen LogP) is 0.395. The molecule has 1 atom stereocenters. The standard InChI is InChI=1S/C14H19N3O4/c1-8-10(13(19)16-9(2)15-8)5-6-12(18)17-7-3-4-11(17)14(20)21/h11H,3-7H2,1-2H3,(H,20,21)(H,15,16,19)/t11-/m1/s1. The van der Waals surface area contributed by atoms with Gasteiger partial charge in [0.15, 0.2) is 0 Å². The molecule has 0 aromatic carbocycles. The van der Waals surface area contributed by atoms with Gasteiger partial charge in [-0.3, -0.25) is 9.59 Å². The number of carbonyl (C=O) groups excluding carboxylic acids is 1. The number of amides is 1. The Hall–Kier alpha value is -2.18. The van der Waals surface area contributed by atoms with Crippen molar-refractivity contribution in [1.29, 1.82) is 0 Å².